The molecule has 6 heteroatoms. The Morgan fingerprint density at radius 1 is 1.22 bits per heavy atom. The molecule has 1 aliphatic heterocycles. The molecule has 0 aromatic heterocycles. The molecule has 1 heterocycles. The van der Waals surface area contributed by atoms with E-state index in [4.69, 9.17) is 5.14 Å². The van der Waals surface area contributed by atoms with Crippen molar-refractivity contribution in [2.75, 3.05) is 19.6 Å². The van der Waals surface area contributed by atoms with Crippen LogP contribution >= 0.6 is 0 Å². The van der Waals surface area contributed by atoms with Gasteiger partial charge in [-0.25, -0.2) is 9.86 Å². The molecule has 1 aliphatic rings. The average Bonchev–Trinajstić information content (AvgIpc) is 2.52. The molecular formula is C17H29N3O2S. The Morgan fingerprint density at radius 2 is 1.83 bits per heavy atom. The van der Waals surface area contributed by atoms with Crippen molar-refractivity contribution in [3.05, 3.63) is 35.4 Å². The fraction of sp³-hybridized carbons (Fsp3) is 0.647. The van der Waals surface area contributed by atoms with E-state index in [1.54, 1.807) is 0 Å². The summed E-state index contributed by atoms with van der Waals surface area (Å²) in [6.07, 6.45) is 2.13. The molecular weight excluding hydrogens is 310 g/mol. The van der Waals surface area contributed by atoms with E-state index in [1.165, 1.54) is 11.1 Å². The highest BCUT2D eigenvalue weighted by Crippen LogP contribution is 2.27. The van der Waals surface area contributed by atoms with Crippen molar-refractivity contribution in [1.29, 1.82) is 0 Å². The number of hydrogen-bond donors (Lipinski definition) is 2. The lowest BCUT2D eigenvalue weighted by Crippen LogP contribution is -2.43. The van der Waals surface area contributed by atoms with Gasteiger partial charge in [0.2, 0.25) is 0 Å². The van der Waals surface area contributed by atoms with Crippen LogP contribution in [0.3, 0.4) is 0 Å². The summed E-state index contributed by atoms with van der Waals surface area (Å²) in [5.74, 6) is 0.863. The maximum absolute atomic E-state index is 11.1. The number of hydrogen-bond acceptors (Lipinski definition) is 3. The summed E-state index contributed by atoms with van der Waals surface area (Å²) >= 11 is 0. The Hall–Kier alpha value is -0.950. The zero-order valence-electron chi connectivity index (χ0n) is 14.3. The minimum absolute atomic E-state index is 0.319. The Balaban J connectivity index is 1.97. The van der Waals surface area contributed by atoms with E-state index >= 15 is 0 Å². The lowest BCUT2D eigenvalue weighted by Gasteiger charge is -2.37. The number of nitrogens with zero attached hydrogens (tertiary/aromatic N) is 1. The standard InChI is InChI=1S/C17H29N3O2S/c1-13(2)16-6-8-17(9-7-16)14(3)20-10-4-5-15(12-20)11-19-23(18,21)22/h6-9,13-15,19H,4-5,10-12H2,1-3H3,(H2,18,21,22)/t14-,15-/m1/s1. The summed E-state index contributed by atoms with van der Waals surface area (Å²) in [7, 11) is -3.59. The molecule has 1 saturated heterocycles. The van der Waals surface area contributed by atoms with Crippen molar-refractivity contribution >= 4 is 10.2 Å². The van der Waals surface area contributed by atoms with Crippen LogP contribution in [0.25, 0.3) is 0 Å². The topological polar surface area (TPSA) is 75.4 Å². The van der Waals surface area contributed by atoms with Crippen molar-refractivity contribution in [3.63, 3.8) is 0 Å². The van der Waals surface area contributed by atoms with Gasteiger partial charge in [0, 0.05) is 19.1 Å². The van der Waals surface area contributed by atoms with Crippen LogP contribution in [0.4, 0.5) is 0 Å². The second-order valence-electron chi connectivity index (χ2n) is 6.89. The SMILES string of the molecule is CC(C)c1ccc([C@@H](C)N2CCC[C@H](CNS(N)(=O)=O)C2)cc1. The first-order valence-electron chi connectivity index (χ1n) is 8.37. The van der Waals surface area contributed by atoms with Crippen molar-refractivity contribution in [2.45, 2.75) is 45.6 Å². The minimum atomic E-state index is -3.59. The van der Waals surface area contributed by atoms with Crippen LogP contribution in [0.1, 0.15) is 56.7 Å². The molecule has 3 N–H and O–H groups in total. The van der Waals surface area contributed by atoms with Gasteiger partial charge in [-0.3, -0.25) is 4.90 Å². The van der Waals surface area contributed by atoms with Crippen LogP contribution in [0, 0.1) is 5.92 Å². The highest BCUT2D eigenvalue weighted by molar-refractivity contribution is 7.87. The Bertz CT molecular complexity index is 599. The summed E-state index contributed by atoms with van der Waals surface area (Å²) in [5, 5.41) is 5.02. The van der Waals surface area contributed by atoms with Crippen molar-refractivity contribution < 1.29 is 8.42 Å². The highest BCUT2D eigenvalue weighted by Gasteiger charge is 2.25. The Kier molecular flexibility index (Phi) is 6.19. The van der Waals surface area contributed by atoms with Gasteiger partial charge in [-0.1, -0.05) is 38.1 Å². The first kappa shape index (κ1) is 18.4. The molecule has 0 radical (unpaired) electrons. The molecule has 5 nitrogen and oxygen atoms in total. The zero-order valence-corrected chi connectivity index (χ0v) is 15.1. The summed E-state index contributed by atoms with van der Waals surface area (Å²) < 4.78 is 24.5. The molecule has 0 unspecified atom stereocenters. The molecule has 1 aromatic rings. The van der Waals surface area contributed by atoms with E-state index in [2.05, 4.69) is 54.7 Å². The fourth-order valence-corrected chi connectivity index (χ4v) is 3.69. The summed E-state index contributed by atoms with van der Waals surface area (Å²) in [6, 6.07) is 9.19. The number of rotatable bonds is 6. The number of piperidine rings is 1. The van der Waals surface area contributed by atoms with Gasteiger partial charge in [-0.05, 0) is 49.3 Å². The summed E-state index contributed by atoms with van der Waals surface area (Å²) in [4.78, 5) is 2.43. The highest BCUT2D eigenvalue weighted by atomic mass is 32.2. The van der Waals surface area contributed by atoms with Crippen LogP contribution in [-0.4, -0.2) is 33.0 Å². The van der Waals surface area contributed by atoms with Gasteiger partial charge in [-0.15, -0.1) is 0 Å². The van der Waals surface area contributed by atoms with Crippen LogP contribution in [-0.2, 0) is 10.2 Å². The van der Waals surface area contributed by atoms with Gasteiger partial charge >= 0.3 is 0 Å². The van der Waals surface area contributed by atoms with Gasteiger partial charge in [0.05, 0.1) is 0 Å². The third-order valence-corrected chi connectivity index (χ3v) is 5.33. The monoisotopic (exact) mass is 339 g/mol. The molecule has 0 bridgehead atoms. The van der Waals surface area contributed by atoms with Crippen LogP contribution < -0.4 is 9.86 Å². The van der Waals surface area contributed by atoms with Gasteiger partial charge in [0.25, 0.3) is 10.2 Å². The van der Waals surface area contributed by atoms with Crippen LogP contribution in [0.2, 0.25) is 0 Å². The van der Waals surface area contributed by atoms with Crippen molar-refractivity contribution in [1.82, 2.24) is 9.62 Å². The second kappa shape index (κ2) is 7.75. The van der Waals surface area contributed by atoms with E-state index in [1.807, 2.05) is 0 Å². The molecule has 2 atom stereocenters. The minimum Gasteiger partial charge on any atom is -0.296 e. The van der Waals surface area contributed by atoms with Crippen molar-refractivity contribution in [3.8, 4) is 0 Å². The molecule has 0 spiro atoms. The zero-order chi connectivity index (χ0) is 17.0. The van der Waals surface area contributed by atoms with Gasteiger partial charge in [-0.2, -0.15) is 8.42 Å². The third-order valence-electron chi connectivity index (χ3n) is 4.76. The Morgan fingerprint density at radius 3 is 2.39 bits per heavy atom. The molecule has 23 heavy (non-hydrogen) atoms. The quantitative estimate of drug-likeness (QED) is 0.835. The lowest BCUT2D eigenvalue weighted by atomic mass is 9.94. The van der Waals surface area contributed by atoms with Crippen LogP contribution in [0.5, 0.6) is 0 Å². The van der Waals surface area contributed by atoms with Crippen molar-refractivity contribution in [2.24, 2.45) is 11.1 Å². The molecule has 1 aromatic carbocycles. The van der Waals surface area contributed by atoms with E-state index < -0.39 is 10.2 Å². The van der Waals surface area contributed by atoms with E-state index in [0.717, 1.165) is 25.9 Å². The number of benzene rings is 1. The third kappa shape index (κ3) is 5.57. The largest absolute Gasteiger partial charge is 0.296 e. The summed E-state index contributed by atoms with van der Waals surface area (Å²) in [5.41, 5.74) is 2.67. The predicted octanol–water partition coefficient (Wildman–Crippen LogP) is 2.38. The molecule has 0 amide bonds. The summed E-state index contributed by atoms with van der Waals surface area (Å²) in [6.45, 7) is 9.00. The van der Waals surface area contributed by atoms with E-state index in [-0.39, 0.29) is 0 Å². The number of likely N-dealkylation sites (tertiary alicyclic amines) is 1. The fourth-order valence-electron chi connectivity index (χ4n) is 3.22. The lowest BCUT2D eigenvalue weighted by molar-refractivity contribution is 0.133. The van der Waals surface area contributed by atoms with E-state index in [9.17, 15) is 8.42 Å². The van der Waals surface area contributed by atoms with Gasteiger partial charge < -0.3 is 0 Å². The predicted molar refractivity (Wildman–Crippen MR) is 94.4 cm³/mol. The second-order valence-corrected chi connectivity index (χ2v) is 8.27. The first-order valence-corrected chi connectivity index (χ1v) is 9.92. The van der Waals surface area contributed by atoms with Gasteiger partial charge in [0.1, 0.15) is 0 Å². The molecule has 0 saturated carbocycles. The van der Waals surface area contributed by atoms with Gasteiger partial charge in [0.15, 0.2) is 0 Å². The van der Waals surface area contributed by atoms with E-state index in [0.29, 0.717) is 24.4 Å². The number of nitrogens with one attached hydrogen (secondary N) is 1. The molecule has 2 rings (SSSR count). The average molecular weight is 340 g/mol. The smallest absolute Gasteiger partial charge is 0.274 e. The molecule has 130 valence electrons. The maximum atomic E-state index is 11.1. The molecule has 1 fully saturated rings. The first-order chi connectivity index (χ1) is 10.8. The van der Waals surface area contributed by atoms with Crippen LogP contribution in [0.15, 0.2) is 24.3 Å². The Labute approximate surface area is 140 Å². The maximum Gasteiger partial charge on any atom is 0.274 e. The normalized spacial score (nSPS) is 21.5. The molecule has 0 aliphatic carbocycles. The number of nitrogens with two attached hydrogens (primary N) is 1.